The van der Waals surface area contributed by atoms with E-state index in [1.807, 2.05) is 0 Å². The number of unbranched alkanes of at least 4 members (excludes halogenated alkanes) is 10. The highest BCUT2D eigenvalue weighted by Crippen LogP contribution is 2.67. The van der Waals surface area contributed by atoms with Gasteiger partial charge >= 0.3 is 5.97 Å². The average Bonchev–Trinajstić information content (AvgIpc) is 3.41. The van der Waals surface area contributed by atoms with E-state index in [2.05, 4.69) is 47.6 Å². The van der Waals surface area contributed by atoms with Crippen molar-refractivity contribution in [2.24, 2.45) is 46.3 Å². The Morgan fingerprint density at radius 1 is 0.792 bits per heavy atom. The Balaban J connectivity index is 1.10. The van der Waals surface area contributed by atoms with E-state index in [0.29, 0.717) is 17.3 Å². The highest BCUT2D eigenvalue weighted by Gasteiger charge is 2.59. The van der Waals surface area contributed by atoms with Crippen LogP contribution >= 0.6 is 0 Å². The van der Waals surface area contributed by atoms with E-state index in [9.17, 15) is 9.90 Å². The molecular formula is C45H80O3. The van der Waals surface area contributed by atoms with Gasteiger partial charge in [-0.3, -0.25) is 4.79 Å². The standard InChI is InChI=1S/C45H80O3/c1-7-8-9-16-22-37(46)23-17-14-12-10-11-13-15-18-24-43(47)48-38-29-31-44(5)36(33-38)25-26-39-41-28-27-40(35(4)21-19-20-34(2)3)45(41,6)32-30-42(39)44/h25,34-35,37-42,46H,7-24,26-33H2,1-6H3/t35-,37?,38?,39?,40-,41?,42?,44+,45-/m1/s1. The van der Waals surface area contributed by atoms with E-state index in [1.54, 1.807) is 5.57 Å². The SMILES string of the molecule is CCCCCCC(O)CCCCCCCCCCC(=O)OC1CC[C@@]2(C)C(=CCC3C2CC[C@@]2(C)C3CC[C@@H]2[C@H](C)CCCC(C)C)C1. The number of hydrogen-bond acceptors (Lipinski definition) is 3. The summed E-state index contributed by atoms with van der Waals surface area (Å²) in [5.41, 5.74) is 2.50. The quantitative estimate of drug-likeness (QED) is 0.0709. The Kier molecular flexibility index (Phi) is 16.4. The molecule has 0 heterocycles. The third-order valence-electron chi connectivity index (χ3n) is 14.6. The molecule has 3 fully saturated rings. The minimum Gasteiger partial charge on any atom is -0.462 e. The van der Waals surface area contributed by atoms with Gasteiger partial charge in [0.15, 0.2) is 0 Å². The number of esters is 1. The topological polar surface area (TPSA) is 46.5 Å². The van der Waals surface area contributed by atoms with Crippen molar-refractivity contribution in [2.45, 2.75) is 221 Å². The maximum atomic E-state index is 12.8. The number of rotatable bonds is 22. The van der Waals surface area contributed by atoms with Gasteiger partial charge in [0, 0.05) is 12.8 Å². The van der Waals surface area contributed by atoms with Crippen LogP contribution < -0.4 is 0 Å². The zero-order valence-electron chi connectivity index (χ0n) is 32.8. The monoisotopic (exact) mass is 669 g/mol. The summed E-state index contributed by atoms with van der Waals surface area (Å²) in [6, 6.07) is 0. The molecule has 0 radical (unpaired) electrons. The molecule has 3 nitrogen and oxygen atoms in total. The van der Waals surface area contributed by atoms with E-state index in [-0.39, 0.29) is 18.2 Å². The Morgan fingerprint density at radius 3 is 2.15 bits per heavy atom. The zero-order valence-corrected chi connectivity index (χ0v) is 32.8. The van der Waals surface area contributed by atoms with E-state index >= 15 is 0 Å². The molecule has 0 aliphatic heterocycles. The molecule has 4 aliphatic rings. The summed E-state index contributed by atoms with van der Waals surface area (Å²) in [5, 5.41) is 10.1. The Labute approximate surface area is 298 Å². The third kappa shape index (κ3) is 10.8. The fraction of sp³-hybridized carbons (Fsp3) is 0.933. The van der Waals surface area contributed by atoms with Gasteiger partial charge in [-0.1, -0.05) is 143 Å². The first-order chi connectivity index (χ1) is 23.1. The smallest absolute Gasteiger partial charge is 0.306 e. The van der Waals surface area contributed by atoms with Crippen molar-refractivity contribution >= 4 is 5.97 Å². The van der Waals surface area contributed by atoms with Crippen LogP contribution in [0.25, 0.3) is 0 Å². The van der Waals surface area contributed by atoms with Crippen molar-refractivity contribution in [2.75, 3.05) is 0 Å². The molecule has 48 heavy (non-hydrogen) atoms. The molecule has 4 aliphatic carbocycles. The van der Waals surface area contributed by atoms with Crippen LogP contribution in [0.5, 0.6) is 0 Å². The normalized spacial score (nSPS) is 32.7. The number of fused-ring (bicyclic) bond motifs is 5. The molecule has 0 spiro atoms. The minimum absolute atomic E-state index is 0.0408. The lowest BCUT2D eigenvalue weighted by atomic mass is 9.47. The number of hydrogen-bond donors (Lipinski definition) is 1. The van der Waals surface area contributed by atoms with E-state index in [1.165, 1.54) is 116 Å². The van der Waals surface area contributed by atoms with Crippen molar-refractivity contribution in [1.82, 2.24) is 0 Å². The zero-order chi connectivity index (χ0) is 34.6. The molecule has 3 heteroatoms. The summed E-state index contributed by atoms with van der Waals surface area (Å²) in [6.07, 6.45) is 34.3. The highest BCUT2D eigenvalue weighted by atomic mass is 16.5. The first kappa shape index (κ1) is 39.9. The maximum Gasteiger partial charge on any atom is 0.306 e. The summed E-state index contributed by atoms with van der Waals surface area (Å²) < 4.78 is 6.12. The van der Waals surface area contributed by atoms with Crippen molar-refractivity contribution in [3.8, 4) is 0 Å². The second-order valence-corrected chi connectivity index (χ2v) is 18.5. The fourth-order valence-electron chi connectivity index (χ4n) is 11.7. The number of ether oxygens (including phenoxy) is 1. The second kappa shape index (κ2) is 19.7. The summed E-state index contributed by atoms with van der Waals surface area (Å²) in [5.74, 6) is 5.26. The van der Waals surface area contributed by atoms with Crippen LogP contribution in [-0.4, -0.2) is 23.3 Å². The summed E-state index contributed by atoms with van der Waals surface area (Å²) >= 11 is 0. The predicted molar refractivity (Wildman–Crippen MR) is 204 cm³/mol. The van der Waals surface area contributed by atoms with Crippen molar-refractivity contribution in [1.29, 1.82) is 0 Å². The largest absolute Gasteiger partial charge is 0.462 e. The minimum atomic E-state index is -0.0850. The van der Waals surface area contributed by atoms with Gasteiger partial charge in [0.25, 0.3) is 0 Å². The molecule has 0 amide bonds. The number of carbonyl (C=O) groups excluding carboxylic acids is 1. The van der Waals surface area contributed by atoms with Gasteiger partial charge in [-0.25, -0.2) is 0 Å². The molecule has 0 aromatic heterocycles. The third-order valence-corrected chi connectivity index (χ3v) is 14.6. The number of carbonyl (C=O) groups is 1. The molecule has 0 aromatic rings. The van der Waals surface area contributed by atoms with E-state index < -0.39 is 0 Å². The Hall–Kier alpha value is -0.830. The average molecular weight is 669 g/mol. The van der Waals surface area contributed by atoms with Gasteiger partial charge in [0.1, 0.15) is 6.10 Å². The van der Waals surface area contributed by atoms with Crippen LogP contribution in [0.15, 0.2) is 11.6 Å². The molecule has 278 valence electrons. The van der Waals surface area contributed by atoms with Crippen LogP contribution in [0.3, 0.4) is 0 Å². The van der Waals surface area contributed by atoms with Gasteiger partial charge < -0.3 is 9.84 Å². The first-order valence-electron chi connectivity index (χ1n) is 21.7. The molecule has 1 N–H and O–H groups in total. The fourth-order valence-corrected chi connectivity index (χ4v) is 11.7. The summed E-state index contributed by atoms with van der Waals surface area (Å²) in [4.78, 5) is 12.8. The van der Waals surface area contributed by atoms with E-state index in [4.69, 9.17) is 4.74 Å². The number of allylic oxidation sites excluding steroid dienone is 1. The van der Waals surface area contributed by atoms with E-state index in [0.717, 1.165) is 80.5 Å². The molecule has 5 unspecified atom stereocenters. The summed E-state index contributed by atoms with van der Waals surface area (Å²) in [6.45, 7) is 14.9. The molecule has 4 rings (SSSR count). The Bertz CT molecular complexity index is 969. The molecule has 9 atom stereocenters. The first-order valence-corrected chi connectivity index (χ1v) is 21.7. The predicted octanol–water partition coefficient (Wildman–Crippen LogP) is 13.2. The molecule has 0 bridgehead atoms. The highest BCUT2D eigenvalue weighted by molar-refractivity contribution is 5.69. The molecule has 0 saturated heterocycles. The van der Waals surface area contributed by atoms with Crippen LogP contribution in [0.2, 0.25) is 0 Å². The van der Waals surface area contributed by atoms with Gasteiger partial charge in [-0.2, -0.15) is 0 Å². The van der Waals surface area contributed by atoms with Crippen molar-refractivity contribution < 1.29 is 14.6 Å². The molecule has 0 aromatic carbocycles. The van der Waals surface area contributed by atoms with Crippen molar-refractivity contribution in [3.63, 3.8) is 0 Å². The maximum absolute atomic E-state index is 12.8. The van der Waals surface area contributed by atoms with Crippen LogP contribution in [-0.2, 0) is 9.53 Å². The number of aliphatic hydroxyl groups excluding tert-OH is 1. The molecule has 3 saturated carbocycles. The van der Waals surface area contributed by atoms with Crippen LogP contribution in [0.1, 0.15) is 208 Å². The van der Waals surface area contributed by atoms with Crippen LogP contribution in [0.4, 0.5) is 0 Å². The van der Waals surface area contributed by atoms with Gasteiger partial charge in [-0.05, 0) is 111 Å². The lowest BCUT2D eigenvalue weighted by Crippen LogP contribution is -2.51. The number of aliphatic hydroxyl groups is 1. The lowest BCUT2D eigenvalue weighted by molar-refractivity contribution is -0.151. The molecular weight excluding hydrogens is 588 g/mol. The second-order valence-electron chi connectivity index (χ2n) is 18.5. The van der Waals surface area contributed by atoms with Gasteiger partial charge in [0.2, 0.25) is 0 Å². The Morgan fingerprint density at radius 2 is 1.46 bits per heavy atom. The van der Waals surface area contributed by atoms with Gasteiger partial charge in [-0.15, -0.1) is 0 Å². The van der Waals surface area contributed by atoms with Crippen LogP contribution in [0, 0.1) is 46.3 Å². The van der Waals surface area contributed by atoms with Gasteiger partial charge in [0.05, 0.1) is 6.10 Å². The summed E-state index contributed by atoms with van der Waals surface area (Å²) in [7, 11) is 0. The lowest BCUT2D eigenvalue weighted by Gasteiger charge is -2.58. The van der Waals surface area contributed by atoms with Crippen molar-refractivity contribution in [3.05, 3.63) is 11.6 Å².